The van der Waals surface area contributed by atoms with Gasteiger partial charge in [-0.25, -0.2) is 4.79 Å². The maximum Gasteiger partial charge on any atom is 0.326 e. The summed E-state index contributed by atoms with van der Waals surface area (Å²) in [5.41, 5.74) is 6.09. The zero-order chi connectivity index (χ0) is 24.6. The summed E-state index contributed by atoms with van der Waals surface area (Å²) in [7, 11) is 0. The topological polar surface area (TPSA) is 124 Å². The van der Waals surface area contributed by atoms with Gasteiger partial charge in [-0.15, -0.1) is 0 Å². The molecule has 1 saturated heterocycles. The average Bonchev–Trinajstić information content (AvgIpc) is 3.24. The minimum absolute atomic E-state index is 0.294. The molecule has 184 valence electrons. The number of nitrogens with two attached hydrogens (primary N) is 1. The van der Waals surface area contributed by atoms with Crippen LogP contribution < -0.4 is 5.73 Å². The molecule has 0 bridgehead atoms. The van der Waals surface area contributed by atoms with Crippen LogP contribution in [0.1, 0.15) is 64.9 Å². The summed E-state index contributed by atoms with van der Waals surface area (Å²) in [6.45, 7) is 6.59. The van der Waals surface area contributed by atoms with E-state index in [0.29, 0.717) is 58.0 Å². The van der Waals surface area contributed by atoms with Gasteiger partial charge in [0.25, 0.3) is 0 Å². The quantitative estimate of drug-likeness (QED) is 0.409. The van der Waals surface area contributed by atoms with Crippen LogP contribution in [0, 0.1) is 0 Å². The van der Waals surface area contributed by atoms with Crippen molar-refractivity contribution in [3.8, 4) is 0 Å². The van der Waals surface area contributed by atoms with Gasteiger partial charge in [-0.05, 0) is 71.4 Å². The number of likely N-dealkylation sites (tertiary alicyclic amines) is 1. The average molecular weight is 462 g/mol. The van der Waals surface area contributed by atoms with E-state index < -0.39 is 35.6 Å². The highest BCUT2D eigenvalue weighted by molar-refractivity contribution is 5.88. The van der Waals surface area contributed by atoms with Crippen LogP contribution >= 0.6 is 0 Å². The lowest BCUT2D eigenvalue weighted by Crippen LogP contribution is -2.62. The van der Waals surface area contributed by atoms with E-state index in [4.69, 9.17) is 5.73 Å². The number of unbranched alkanes of at least 4 members (excludes halogenated alkanes) is 1. The van der Waals surface area contributed by atoms with Crippen LogP contribution in [-0.2, 0) is 20.8 Å². The van der Waals surface area contributed by atoms with Crippen LogP contribution in [0.4, 0.5) is 0 Å². The number of carbonyl (C=O) groups is 3. The molecule has 0 aromatic heterocycles. The number of nitrogens with zero attached hydrogens (tertiary/aromatic N) is 2. The summed E-state index contributed by atoms with van der Waals surface area (Å²) >= 11 is 0. The number of carbonyl (C=O) groups excluding carboxylic acids is 1. The van der Waals surface area contributed by atoms with Gasteiger partial charge in [0.1, 0.15) is 12.1 Å². The molecule has 3 atom stereocenters. The molecule has 8 nitrogen and oxygen atoms in total. The highest BCUT2D eigenvalue weighted by Crippen LogP contribution is 2.30. The van der Waals surface area contributed by atoms with Crippen molar-refractivity contribution in [1.29, 1.82) is 0 Å². The van der Waals surface area contributed by atoms with E-state index in [1.54, 1.807) is 4.90 Å². The molecule has 4 N–H and O–H groups in total. The highest BCUT2D eigenvalue weighted by Gasteiger charge is 2.45. The van der Waals surface area contributed by atoms with Crippen molar-refractivity contribution in [2.24, 2.45) is 5.73 Å². The summed E-state index contributed by atoms with van der Waals surface area (Å²) in [4.78, 5) is 41.2. The third kappa shape index (κ3) is 7.27. The van der Waals surface area contributed by atoms with Gasteiger partial charge >= 0.3 is 11.9 Å². The Morgan fingerprint density at radius 3 is 2.30 bits per heavy atom. The largest absolute Gasteiger partial charge is 0.480 e. The van der Waals surface area contributed by atoms with Crippen LogP contribution in [0.25, 0.3) is 0 Å². The Labute approximate surface area is 196 Å². The van der Waals surface area contributed by atoms with Crippen molar-refractivity contribution >= 4 is 17.8 Å². The van der Waals surface area contributed by atoms with Crippen molar-refractivity contribution in [3.63, 3.8) is 0 Å². The molecular formula is C25H39N3O5. The van der Waals surface area contributed by atoms with E-state index in [9.17, 15) is 24.6 Å². The van der Waals surface area contributed by atoms with Gasteiger partial charge in [0.05, 0.1) is 6.04 Å². The zero-order valence-corrected chi connectivity index (χ0v) is 20.1. The maximum atomic E-state index is 13.7. The molecule has 0 saturated carbocycles. The normalized spacial score (nSPS) is 18.3. The monoisotopic (exact) mass is 461 g/mol. The molecule has 8 heteroatoms. The summed E-state index contributed by atoms with van der Waals surface area (Å²) in [5.74, 6) is -2.28. The molecule has 2 rings (SSSR count). The molecule has 0 aliphatic carbocycles. The molecule has 0 radical (unpaired) electrons. The SMILES string of the molecule is CC(C)(C)N([C@@H](CCc1ccccc1)C(=O)O)[C@@H](CCCCN)C(=O)N1CCC[C@H]1C(=O)O. The van der Waals surface area contributed by atoms with Crippen LogP contribution in [0.2, 0.25) is 0 Å². The second-order valence-electron chi connectivity index (χ2n) is 9.78. The van der Waals surface area contributed by atoms with Gasteiger partial charge in [-0.1, -0.05) is 36.8 Å². The lowest BCUT2D eigenvalue weighted by Gasteiger charge is -2.46. The predicted octanol–water partition coefficient (Wildman–Crippen LogP) is 2.75. The van der Waals surface area contributed by atoms with Gasteiger partial charge < -0.3 is 20.8 Å². The number of hydrogen-bond donors (Lipinski definition) is 3. The number of benzene rings is 1. The van der Waals surface area contributed by atoms with Crippen molar-refractivity contribution in [2.75, 3.05) is 13.1 Å². The Balaban J connectivity index is 2.39. The first-order valence-corrected chi connectivity index (χ1v) is 11.9. The summed E-state index contributed by atoms with van der Waals surface area (Å²) in [6, 6.07) is 7.22. The lowest BCUT2D eigenvalue weighted by molar-refractivity contribution is -0.157. The van der Waals surface area contributed by atoms with Crippen molar-refractivity contribution in [1.82, 2.24) is 9.80 Å². The lowest BCUT2D eigenvalue weighted by atomic mass is 9.92. The highest BCUT2D eigenvalue weighted by atomic mass is 16.4. The first-order chi connectivity index (χ1) is 15.6. The minimum Gasteiger partial charge on any atom is -0.480 e. The zero-order valence-electron chi connectivity index (χ0n) is 20.1. The summed E-state index contributed by atoms with van der Waals surface area (Å²) < 4.78 is 0. The Bertz CT molecular complexity index is 793. The standard InChI is InChI=1S/C25H39N3O5/c1-25(2,3)28(21(24(32)33)15-14-18-10-5-4-6-11-18)19(12-7-8-16-26)22(29)27-17-9-13-20(27)23(30)31/h4-6,10-11,19-21H,7-9,12-17,26H2,1-3H3,(H,30,31)(H,32,33)/t19-,20-,21-/m0/s1. The van der Waals surface area contributed by atoms with Crippen LogP contribution in [-0.4, -0.2) is 74.6 Å². The number of rotatable bonds is 12. The van der Waals surface area contributed by atoms with E-state index in [0.717, 1.165) is 5.56 Å². The van der Waals surface area contributed by atoms with Gasteiger partial charge in [-0.3, -0.25) is 14.5 Å². The fraction of sp³-hybridized carbons (Fsp3) is 0.640. The Morgan fingerprint density at radius 1 is 1.09 bits per heavy atom. The second-order valence-corrected chi connectivity index (χ2v) is 9.78. The van der Waals surface area contributed by atoms with Gasteiger partial charge in [0.15, 0.2) is 0 Å². The molecule has 1 aromatic carbocycles. The fourth-order valence-corrected chi connectivity index (χ4v) is 4.82. The molecule has 1 heterocycles. The van der Waals surface area contributed by atoms with E-state index >= 15 is 0 Å². The molecular weight excluding hydrogens is 422 g/mol. The molecule has 0 spiro atoms. The Kier molecular flexibility index (Phi) is 9.86. The second kappa shape index (κ2) is 12.1. The summed E-state index contributed by atoms with van der Waals surface area (Å²) in [6.07, 6.45) is 3.77. The smallest absolute Gasteiger partial charge is 0.326 e. The molecule has 1 aliphatic heterocycles. The fourth-order valence-electron chi connectivity index (χ4n) is 4.82. The number of amides is 1. The molecule has 1 aromatic rings. The molecule has 1 fully saturated rings. The number of aliphatic carboxylic acids is 2. The Morgan fingerprint density at radius 2 is 1.76 bits per heavy atom. The molecule has 1 aliphatic rings. The number of carboxylic acids is 2. The Hall–Kier alpha value is -2.45. The third-order valence-electron chi connectivity index (χ3n) is 6.32. The van der Waals surface area contributed by atoms with Crippen molar-refractivity contribution in [2.45, 2.75) is 89.4 Å². The first kappa shape index (κ1) is 26.8. The first-order valence-electron chi connectivity index (χ1n) is 11.9. The third-order valence-corrected chi connectivity index (χ3v) is 6.32. The van der Waals surface area contributed by atoms with E-state index in [1.165, 1.54) is 4.90 Å². The van der Waals surface area contributed by atoms with Gasteiger partial charge in [0, 0.05) is 12.1 Å². The van der Waals surface area contributed by atoms with Gasteiger partial charge in [0.2, 0.25) is 5.91 Å². The molecule has 33 heavy (non-hydrogen) atoms. The maximum absolute atomic E-state index is 13.7. The number of hydrogen-bond acceptors (Lipinski definition) is 5. The van der Waals surface area contributed by atoms with Crippen molar-refractivity contribution in [3.05, 3.63) is 35.9 Å². The predicted molar refractivity (Wildman–Crippen MR) is 127 cm³/mol. The van der Waals surface area contributed by atoms with Crippen LogP contribution in [0.15, 0.2) is 30.3 Å². The van der Waals surface area contributed by atoms with Gasteiger partial charge in [-0.2, -0.15) is 0 Å². The van der Waals surface area contributed by atoms with E-state index in [-0.39, 0.29) is 5.91 Å². The van der Waals surface area contributed by atoms with E-state index in [2.05, 4.69) is 0 Å². The number of aryl methyl sites for hydroxylation is 1. The van der Waals surface area contributed by atoms with E-state index in [1.807, 2.05) is 51.1 Å². The number of carboxylic acid groups (broad SMARTS) is 2. The molecule has 0 unspecified atom stereocenters. The van der Waals surface area contributed by atoms with Crippen LogP contribution in [0.5, 0.6) is 0 Å². The minimum atomic E-state index is -1.01. The molecule has 1 amide bonds. The van der Waals surface area contributed by atoms with Crippen LogP contribution in [0.3, 0.4) is 0 Å². The summed E-state index contributed by atoms with van der Waals surface area (Å²) in [5, 5.41) is 19.8. The van der Waals surface area contributed by atoms with Crippen molar-refractivity contribution < 1.29 is 24.6 Å².